The van der Waals surface area contributed by atoms with Crippen LogP contribution in [0.5, 0.6) is 11.5 Å². The fraction of sp³-hybridized carbons (Fsp3) is 0.120. The molecule has 36 heavy (non-hydrogen) atoms. The van der Waals surface area contributed by atoms with Gasteiger partial charge < -0.3 is 9.47 Å². The van der Waals surface area contributed by atoms with E-state index in [0.29, 0.717) is 44.0 Å². The zero-order valence-electron chi connectivity index (χ0n) is 18.9. The highest BCUT2D eigenvalue weighted by atomic mass is 35.5. The van der Waals surface area contributed by atoms with Crippen molar-refractivity contribution in [3.05, 3.63) is 96.8 Å². The highest BCUT2D eigenvalue weighted by Gasteiger charge is 2.14. The van der Waals surface area contributed by atoms with Crippen LogP contribution in [0.1, 0.15) is 27.7 Å². The van der Waals surface area contributed by atoms with Crippen LogP contribution in [0.15, 0.2) is 65.8 Å². The number of benzene rings is 3. The molecular weight excluding hydrogens is 525 g/mol. The molecule has 0 saturated heterocycles. The molecule has 1 heterocycles. The van der Waals surface area contributed by atoms with E-state index in [9.17, 15) is 14.9 Å². The molecule has 4 rings (SSSR count). The number of nitrogens with one attached hydrogen (secondary N) is 1. The summed E-state index contributed by atoms with van der Waals surface area (Å²) in [5.74, 6) is 0.404. The third-order valence-electron chi connectivity index (χ3n) is 4.94. The number of rotatable bonds is 9. The van der Waals surface area contributed by atoms with Crippen LogP contribution in [0.25, 0.3) is 10.1 Å². The topological polar surface area (TPSA) is 103 Å². The van der Waals surface area contributed by atoms with Crippen molar-refractivity contribution < 1.29 is 19.2 Å². The smallest absolute Gasteiger partial charge is 0.281 e. The third kappa shape index (κ3) is 6.12. The Bertz CT molecular complexity index is 1450. The summed E-state index contributed by atoms with van der Waals surface area (Å²) in [6.07, 6.45) is 1.44. The minimum atomic E-state index is -0.475. The van der Waals surface area contributed by atoms with Crippen molar-refractivity contribution in [2.24, 2.45) is 5.10 Å². The van der Waals surface area contributed by atoms with Crippen LogP contribution < -0.4 is 14.9 Å². The fourth-order valence-corrected chi connectivity index (χ4v) is 4.61. The molecule has 0 aliphatic heterocycles. The number of hydrazone groups is 1. The van der Waals surface area contributed by atoms with E-state index < -0.39 is 10.8 Å². The van der Waals surface area contributed by atoms with Gasteiger partial charge in [0.05, 0.1) is 27.6 Å². The van der Waals surface area contributed by atoms with Gasteiger partial charge in [-0.2, -0.15) is 5.10 Å². The molecule has 4 aromatic rings. The number of amides is 1. The van der Waals surface area contributed by atoms with Gasteiger partial charge in [-0.05, 0) is 54.4 Å². The first-order chi connectivity index (χ1) is 17.3. The van der Waals surface area contributed by atoms with Gasteiger partial charge in [-0.25, -0.2) is 5.43 Å². The highest BCUT2D eigenvalue weighted by molar-refractivity contribution is 7.20. The summed E-state index contributed by atoms with van der Waals surface area (Å²) in [7, 11) is 0. The largest absolute Gasteiger partial charge is 0.490 e. The molecule has 0 fully saturated rings. The van der Waals surface area contributed by atoms with Crippen LogP contribution in [-0.2, 0) is 6.61 Å². The SMILES string of the molecule is CCOc1cc(/C=N\NC(=O)c2cc3cc([N+](=O)[O-])ccc3s2)cc(Cl)c1OCc1ccc(Cl)cc1. The Labute approximate surface area is 220 Å². The Morgan fingerprint density at radius 2 is 1.89 bits per heavy atom. The number of nitro groups is 1. The van der Waals surface area contributed by atoms with Gasteiger partial charge in [-0.1, -0.05) is 35.3 Å². The summed E-state index contributed by atoms with van der Waals surface area (Å²) in [6, 6.07) is 16.7. The van der Waals surface area contributed by atoms with Crippen LogP contribution in [0.4, 0.5) is 5.69 Å². The molecule has 11 heteroatoms. The van der Waals surface area contributed by atoms with Crippen LogP contribution in [0.3, 0.4) is 0 Å². The maximum Gasteiger partial charge on any atom is 0.281 e. The first kappa shape index (κ1) is 25.4. The van der Waals surface area contributed by atoms with Crippen LogP contribution in [-0.4, -0.2) is 23.7 Å². The molecule has 0 bridgehead atoms. The molecule has 1 amide bonds. The second kappa shape index (κ2) is 11.4. The molecule has 0 spiro atoms. The normalized spacial score (nSPS) is 11.1. The minimum absolute atomic E-state index is 0.0344. The fourth-order valence-electron chi connectivity index (χ4n) is 3.28. The Kier molecular flexibility index (Phi) is 8.04. The second-order valence-corrected chi connectivity index (χ2v) is 9.39. The van der Waals surface area contributed by atoms with Gasteiger partial charge in [0.25, 0.3) is 11.6 Å². The van der Waals surface area contributed by atoms with Crippen molar-refractivity contribution in [2.75, 3.05) is 6.61 Å². The molecule has 0 aliphatic carbocycles. The summed E-state index contributed by atoms with van der Waals surface area (Å²) >= 11 is 13.6. The van der Waals surface area contributed by atoms with Crippen molar-refractivity contribution in [2.45, 2.75) is 13.5 Å². The number of carbonyl (C=O) groups is 1. The molecule has 1 aromatic heterocycles. The Morgan fingerprint density at radius 3 is 2.61 bits per heavy atom. The van der Waals surface area contributed by atoms with Gasteiger partial charge in [0.2, 0.25) is 0 Å². The van der Waals surface area contributed by atoms with Gasteiger partial charge in [0.15, 0.2) is 11.5 Å². The van der Waals surface area contributed by atoms with Crippen molar-refractivity contribution in [3.63, 3.8) is 0 Å². The summed E-state index contributed by atoms with van der Waals surface area (Å²) < 4.78 is 12.4. The molecule has 3 aromatic carbocycles. The first-order valence-electron chi connectivity index (χ1n) is 10.7. The Balaban J connectivity index is 1.46. The van der Waals surface area contributed by atoms with E-state index >= 15 is 0 Å². The Hall–Kier alpha value is -3.66. The maximum absolute atomic E-state index is 12.5. The number of fused-ring (bicyclic) bond motifs is 1. The van der Waals surface area contributed by atoms with Crippen LogP contribution in [0, 0.1) is 10.1 Å². The zero-order chi connectivity index (χ0) is 25.7. The number of nitro benzene ring substituents is 1. The molecule has 0 atom stereocenters. The lowest BCUT2D eigenvalue weighted by Gasteiger charge is -2.14. The summed E-state index contributed by atoms with van der Waals surface area (Å²) in [4.78, 5) is 23.4. The van der Waals surface area contributed by atoms with Gasteiger partial charge in [-0.3, -0.25) is 14.9 Å². The lowest BCUT2D eigenvalue weighted by molar-refractivity contribution is -0.384. The van der Waals surface area contributed by atoms with Gasteiger partial charge in [0, 0.05) is 27.2 Å². The van der Waals surface area contributed by atoms with Gasteiger partial charge in [0.1, 0.15) is 6.61 Å². The summed E-state index contributed by atoms with van der Waals surface area (Å²) in [5.41, 5.74) is 3.94. The van der Waals surface area contributed by atoms with E-state index in [4.69, 9.17) is 32.7 Å². The zero-order valence-corrected chi connectivity index (χ0v) is 21.2. The molecule has 0 unspecified atom stereocenters. The average Bonchev–Trinajstić information content (AvgIpc) is 3.28. The maximum atomic E-state index is 12.5. The van der Waals surface area contributed by atoms with E-state index in [1.165, 1.54) is 29.7 Å². The van der Waals surface area contributed by atoms with E-state index in [-0.39, 0.29) is 12.3 Å². The number of carbonyl (C=O) groups excluding carboxylic acids is 1. The number of hydrogen-bond acceptors (Lipinski definition) is 7. The lowest BCUT2D eigenvalue weighted by atomic mass is 10.2. The highest BCUT2D eigenvalue weighted by Crippen LogP contribution is 2.37. The van der Waals surface area contributed by atoms with Crippen molar-refractivity contribution in [1.29, 1.82) is 0 Å². The van der Waals surface area contributed by atoms with Crippen molar-refractivity contribution in [1.82, 2.24) is 5.43 Å². The molecule has 184 valence electrons. The number of hydrogen-bond donors (Lipinski definition) is 1. The average molecular weight is 544 g/mol. The molecular formula is C25H19Cl2N3O5S. The number of thiophene rings is 1. The molecule has 0 radical (unpaired) electrons. The molecule has 8 nitrogen and oxygen atoms in total. The quantitative estimate of drug-likeness (QED) is 0.141. The monoisotopic (exact) mass is 543 g/mol. The number of halogens is 2. The van der Waals surface area contributed by atoms with Crippen molar-refractivity contribution in [3.8, 4) is 11.5 Å². The molecule has 1 N–H and O–H groups in total. The number of non-ortho nitro benzene ring substituents is 1. The predicted octanol–water partition coefficient (Wildman–Crippen LogP) is 6.86. The van der Waals surface area contributed by atoms with Crippen molar-refractivity contribution >= 4 is 62.4 Å². The standard InChI is InChI=1S/C25H19Cl2N3O5S/c1-2-34-21-10-16(9-20(27)24(21)35-14-15-3-5-18(26)6-4-15)13-28-29-25(31)23-12-17-11-19(30(32)33)7-8-22(17)36-23/h3-13H,2,14H2,1H3,(H,29,31)/b28-13-. The second-order valence-electron chi connectivity index (χ2n) is 7.47. The van der Waals surface area contributed by atoms with E-state index in [0.717, 1.165) is 10.3 Å². The molecule has 0 aliphatic rings. The summed E-state index contributed by atoms with van der Waals surface area (Å²) in [6.45, 7) is 2.52. The minimum Gasteiger partial charge on any atom is -0.490 e. The Morgan fingerprint density at radius 1 is 1.11 bits per heavy atom. The van der Waals surface area contributed by atoms with E-state index in [1.54, 1.807) is 36.4 Å². The third-order valence-corrected chi connectivity index (χ3v) is 6.59. The van der Waals surface area contributed by atoms with E-state index in [1.807, 2.05) is 19.1 Å². The van der Waals surface area contributed by atoms with E-state index in [2.05, 4.69) is 10.5 Å². The molecule has 0 saturated carbocycles. The van der Waals surface area contributed by atoms with Crippen LogP contribution >= 0.6 is 34.5 Å². The lowest BCUT2D eigenvalue weighted by Crippen LogP contribution is -2.16. The number of ether oxygens (including phenoxy) is 2. The van der Waals surface area contributed by atoms with Gasteiger partial charge in [-0.15, -0.1) is 11.3 Å². The van der Waals surface area contributed by atoms with Crippen LogP contribution in [0.2, 0.25) is 10.0 Å². The predicted molar refractivity (Wildman–Crippen MR) is 142 cm³/mol. The first-order valence-corrected chi connectivity index (χ1v) is 12.3. The summed E-state index contributed by atoms with van der Waals surface area (Å²) in [5, 5.41) is 16.6. The number of nitrogens with zero attached hydrogens (tertiary/aromatic N) is 2. The van der Waals surface area contributed by atoms with Gasteiger partial charge >= 0.3 is 0 Å².